The number of nitrogens with zero attached hydrogens (tertiary/aromatic N) is 2. The van der Waals surface area contributed by atoms with Crippen LogP contribution in [0.25, 0.3) is 0 Å². The summed E-state index contributed by atoms with van der Waals surface area (Å²) in [6.07, 6.45) is 6.39. The standard InChI is InChI=1S/C13H25N3/c1-5-12(6-2)7-14-8-13-9-15-10-16(13)11(3)4/h9-12,14H,5-8H2,1-4H3. The van der Waals surface area contributed by atoms with E-state index in [9.17, 15) is 0 Å². The molecule has 92 valence electrons. The van der Waals surface area contributed by atoms with Crippen molar-refractivity contribution in [2.45, 2.75) is 53.1 Å². The van der Waals surface area contributed by atoms with Gasteiger partial charge in [-0.15, -0.1) is 0 Å². The first kappa shape index (κ1) is 13.2. The summed E-state index contributed by atoms with van der Waals surface area (Å²) in [5.74, 6) is 0.801. The van der Waals surface area contributed by atoms with Crippen molar-refractivity contribution >= 4 is 0 Å². The van der Waals surface area contributed by atoms with Gasteiger partial charge >= 0.3 is 0 Å². The van der Waals surface area contributed by atoms with Crippen molar-refractivity contribution in [3.8, 4) is 0 Å². The van der Waals surface area contributed by atoms with E-state index in [2.05, 4.69) is 42.6 Å². The van der Waals surface area contributed by atoms with Crippen molar-refractivity contribution in [3.05, 3.63) is 18.2 Å². The van der Waals surface area contributed by atoms with E-state index in [1.54, 1.807) is 0 Å². The number of aromatic nitrogens is 2. The maximum atomic E-state index is 4.20. The van der Waals surface area contributed by atoms with Crippen molar-refractivity contribution in [2.24, 2.45) is 5.92 Å². The maximum Gasteiger partial charge on any atom is 0.0951 e. The predicted octanol–water partition coefficient (Wildman–Crippen LogP) is 2.99. The molecule has 1 N–H and O–H groups in total. The molecule has 0 aliphatic rings. The van der Waals surface area contributed by atoms with Gasteiger partial charge in [-0.05, 0) is 26.3 Å². The van der Waals surface area contributed by atoms with E-state index in [0.29, 0.717) is 6.04 Å². The second-order valence-electron chi connectivity index (χ2n) is 4.70. The average Bonchev–Trinajstić information content (AvgIpc) is 2.72. The van der Waals surface area contributed by atoms with Gasteiger partial charge in [0.25, 0.3) is 0 Å². The molecule has 3 heteroatoms. The van der Waals surface area contributed by atoms with Crippen LogP contribution in [-0.2, 0) is 6.54 Å². The van der Waals surface area contributed by atoms with Gasteiger partial charge in [0.15, 0.2) is 0 Å². The van der Waals surface area contributed by atoms with Crippen molar-refractivity contribution in [1.29, 1.82) is 0 Å². The van der Waals surface area contributed by atoms with Gasteiger partial charge in [0, 0.05) is 18.8 Å². The lowest BCUT2D eigenvalue weighted by Crippen LogP contribution is -2.23. The summed E-state index contributed by atoms with van der Waals surface area (Å²) in [7, 11) is 0. The Bertz CT molecular complexity index is 287. The largest absolute Gasteiger partial charge is 0.331 e. The lowest BCUT2D eigenvalue weighted by atomic mass is 10.0. The summed E-state index contributed by atoms with van der Waals surface area (Å²) >= 11 is 0. The van der Waals surface area contributed by atoms with Gasteiger partial charge in [0.1, 0.15) is 0 Å². The zero-order valence-electron chi connectivity index (χ0n) is 11.0. The molecule has 0 atom stereocenters. The molecule has 0 bridgehead atoms. The molecular formula is C13H25N3. The zero-order valence-corrected chi connectivity index (χ0v) is 11.0. The van der Waals surface area contributed by atoms with Crippen LogP contribution >= 0.6 is 0 Å². The van der Waals surface area contributed by atoms with Gasteiger partial charge in [-0.25, -0.2) is 4.98 Å². The highest BCUT2D eigenvalue weighted by molar-refractivity contribution is 4.99. The molecule has 3 nitrogen and oxygen atoms in total. The van der Waals surface area contributed by atoms with Crippen molar-refractivity contribution in [2.75, 3.05) is 6.54 Å². The van der Waals surface area contributed by atoms with Crippen LogP contribution in [0.3, 0.4) is 0 Å². The lowest BCUT2D eigenvalue weighted by Gasteiger charge is -2.15. The molecule has 16 heavy (non-hydrogen) atoms. The van der Waals surface area contributed by atoms with E-state index in [1.807, 2.05) is 12.5 Å². The molecule has 0 radical (unpaired) electrons. The fourth-order valence-corrected chi connectivity index (χ4v) is 1.92. The number of nitrogens with one attached hydrogen (secondary N) is 1. The molecule has 0 unspecified atom stereocenters. The Morgan fingerprint density at radius 3 is 2.56 bits per heavy atom. The molecule has 1 heterocycles. The second-order valence-corrected chi connectivity index (χ2v) is 4.70. The highest BCUT2D eigenvalue weighted by Gasteiger charge is 2.06. The van der Waals surface area contributed by atoms with Gasteiger partial charge in [-0.3, -0.25) is 0 Å². The summed E-state index contributed by atoms with van der Waals surface area (Å²) in [5.41, 5.74) is 1.28. The monoisotopic (exact) mass is 223 g/mol. The number of rotatable bonds is 7. The molecular weight excluding hydrogens is 198 g/mol. The van der Waals surface area contributed by atoms with Gasteiger partial charge in [-0.2, -0.15) is 0 Å². The van der Waals surface area contributed by atoms with Crippen LogP contribution in [0.5, 0.6) is 0 Å². The normalized spacial score (nSPS) is 11.6. The molecule has 0 saturated heterocycles. The van der Waals surface area contributed by atoms with E-state index in [1.165, 1.54) is 18.5 Å². The van der Waals surface area contributed by atoms with Crippen LogP contribution in [-0.4, -0.2) is 16.1 Å². The maximum absolute atomic E-state index is 4.20. The Kier molecular flexibility index (Phi) is 5.53. The Hall–Kier alpha value is -0.830. The van der Waals surface area contributed by atoms with Gasteiger partial charge in [-0.1, -0.05) is 26.7 Å². The van der Waals surface area contributed by atoms with Crippen LogP contribution in [0.4, 0.5) is 0 Å². The third-order valence-corrected chi connectivity index (χ3v) is 3.20. The Morgan fingerprint density at radius 1 is 1.31 bits per heavy atom. The molecule has 1 rings (SSSR count). The minimum Gasteiger partial charge on any atom is -0.331 e. The van der Waals surface area contributed by atoms with E-state index in [-0.39, 0.29) is 0 Å². The first-order valence-electron chi connectivity index (χ1n) is 6.40. The first-order chi connectivity index (χ1) is 7.69. The molecule has 0 aromatic carbocycles. The minimum atomic E-state index is 0.493. The molecule has 0 saturated carbocycles. The molecule has 1 aromatic rings. The van der Waals surface area contributed by atoms with Crippen LogP contribution < -0.4 is 5.32 Å². The summed E-state index contributed by atoms with van der Waals surface area (Å²) < 4.78 is 2.22. The van der Waals surface area contributed by atoms with Gasteiger partial charge in [0.2, 0.25) is 0 Å². The second kappa shape index (κ2) is 6.69. The summed E-state index contributed by atoms with van der Waals surface area (Å²) in [6.45, 7) is 10.9. The minimum absolute atomic E-state index is 0.493. The van der Waals surface area contributed by atoms with E-state index in [4.69, 9.17) is 0 Å². The van der Waals surface area contributed by atoms with Gasteiger partial charge in [0.05, 0.1) is 12.0 Å². The smallest absolute Gasteiger partial charge is 0.0951 e. The summed E-state index contributed by atoms with van der Waals surface area (Å²) in [4.78, 5) is 4.20. The van der Waals surface area contributed by atoms with Crippen molar-refractivity contribution in [3.63, 3.8) is 0 Å². The van der Waals surface area contributed by atoms with Crippen LogP contribution in [0.2, 0.25) is 0 Å². The summed E-state index contributed by atoms with van der Waals surface area (Å²) in [5, 5.41) is 3.52. The van der Waals surface area contributed by atoms with Crippen LogP contribution in [0.1, 0.15) is 52.3 Å². The third-order valence-electron chi connectivity index (χ3n) is 3.20. The SMILES string of the molecule is CCC(CC)CNCc1cncn1C(C)C. The molecule has 1 aromatic heterocycles. The molecule has 0 amide bonds. The Balaban J connectivity index is 2.39. The molecule has 0 fully saturated rings. The molecule has 0 aliphatic carbocycles. The number of hydrogen-bond donors (Lipinski definition) is 1. The van der Waals surface area contributed by atoms with E-state index < -0.39 is 0 Å². The lowest BCUT2D eigenvalue weighted by molar-refractivity contribution is 0.441. The summed E-state index contributed by atoms with van der Waals surface area (Å²) in [6, 6.07) is 0.493. The topological polar surface area (TPSA) is 29.9 Å². The zero-order chi connectivity index (χ0) is 12.0. The van der Waals surface area contributed by atoms with E-state index >= 15 is 0 Å². The average molecular weight is 223 g/mol. The number of hydrogen-bond acceptors (Lipinski definition) is 2. The molecule has 0 aliphatic heterocycles. The predicted molar refractivity (Wildman–Crippen MR) is 68.4 cm³/mol. The van der Waals surface area contributed by atoms with Crippen molar-refractivity contribution in [1.82, 2.24) is 14.9 Å². The molecule has 0 spiro atoms. The Morgan fingerprint density at radius 2 is 2.00 bits per heavy atom. The van der Waals surface area contributed by atoms with E-state index in [0.717, 1.165) is 19.0 Å². The van der Waals surface area contributed by atoms with Gasteiger partial charge < -0.3 is 9.88 Å². The fourth-order valence-electron chi connectivity index (χ4n) is 1.92. The highest BCUT2D eigenvalue weighted by Crippen LogP contribution is 2.09. The van der Waals surface area contributed by atoms with Crippen molar-refractivity contribution < 1.29 is 0 Å². The third kappa shape index (κ3) is 3.63. The highest BCUT2D eigenvalue weighted by atomic mass is 15.1. The van der Waals surface area contributed by atoms with Crippen LogP contribution in [0, 0.1) is 5.92 Å². The first-order valence-corrected chi connectivity index (χ1v) is 6.40. The quantitative estimate of drug-likeness (QED) is 0.770. The fraction of sp³-hybridized carbons (Fsp3) is 0.769. The van der Waals surface area contributed by atoms with Crippen LogP contribution in [0.15, 0.2) is 12.5 Å². The number of imidazole rings is 1. The Labute approximate surface area is 99.3 Å².